The Hall–Kier alpha value is -2.80. The van der Waals surface area contributed by atoms with E-state index in [4.69, 9.17) is 24.3 Å². The zero-order valence-electron chi connectivity index (χ0n) is 21.2. The van der Waals surface area contributed by atoms with Gasteiger partial charge in [-0.1, -0.05) is 18.2 Å². The predicted octanol–water partition coefficient (Wildman–Crippen LogP) is 0.954. The lowest BCUT2D eigenvalue weighted by Crippen LogP contribution is -2.53. The Kier molecular flexibility index (Phi) is 8.78. The zero-order valence-corrected chi connectivity index (χ0v) is 22.1. The number of hydrogen-bond donors (Lipinski definition) is 4. The number of esters is 1. The maximum Gasteiger partial charge on any atom is 0.459 e. The van der Waals surface area contributed by atoms with Gasteiger partial charge in [-0.2, -0.15) is 5.09 Å². The molecule has 3 rings (SSSR count). The number of aliphatic hydroxyl groups excluding tert-OH is 1. The summed E-state index contributed by atoms with van der Waals surface area (Å²) in [6.45, 7) is 7.28. The molecule has 0 spiro atoms. The molecular weight excluding hydrogens is 507 g/mol. The largest absolute Gasteiger partial charge is 0.462 e. The number of nitrogens with zero attached hydrogens (tertiary/aromatic N) is 1. The minimum Gasteiger partial charge on any atom is -0.462 e. The summed E-state index contributed by atoms with van der Waals surface area (Å²) < 4.78 is 36.9. The Labute approximate surface area is 213 Å². The highest BCUT2D eigenvalue weighted by Crippen LogP contribution is 2.46. The first kappa shape index (κ1) is 28.8. The van der Waals surface area contributed by atoms with E-state index in [0.717, 1.165) is 4.57 Å². The van der Waals surface area contributed by atoms with Crippen LogP contribution in [0.25, 0.3) is 0 Å². The van der Waals surface area contributed by atoms with Crippen LogP contribution in [0.3, 0.4) is 0 Å². The quantitative estimate of drug-likeness (QED) is 0.248. The maximum atomic E-state index is 13.7. The van der Waals surface area contributed by atoms with Gasteiger partial charge in [-0.25, -0.2) is 9.36 Å². The number of benzene rings is 1. The number of nitrogens with one attached hydrogen (secondary N) is 2. The fourth-order valence-corrected chi connectivity index (χ4v) is 5.20. The van der Waals surface area contributed by atoms with Crippen LogP contribution in [0, 0.1) is 6.92 Å². The highest BCUT2D eigenvalue weighted by molar-refractivity contribution is 7.52. The van der Waals surface area contributed by atoms with Crippen molar-refractivity contribution in [3.05, 3.63) is 62.9 Å². The second kappa shape index (κ2) is 11.3. The zero-order chi connectivity index (χ0) is 27.5. The number of nitrogens with two attached hydrogens (primary N) is 1. The number of aromatic nitrogens is 2. The van der Waals surface area contributed by atoms with Crippen LogP contribution in [0.4, 0.5) is 0 Å². The molecule has 1 aromatic heterocycles. The van der Waals surface area contributed by atoms with E-state index >= 15 is 0 Å². The van der Waals surface area contributed by atoms with Crippen molar-refractivity contribution in [1.82, 2.24) is 14.6 Å². The van der Waals surface area contributed by atoms with Crippen LogP contribution in [0.5, 0.6) is 5.75 Å². The average molecular weight is 541 g/mol. The summed E-state index contributed by atoms with van der Waals surface area (Å²) in [4.78, 5) is 38.6. The summed E-state index contributed by atoms with van der Waals surface area (Å²) in [5.41, 5.74) is 3.72. The van der Waals surface area contributed by atoms with E-state index in [1.807, 2.05) is 0 Å². The van der Waals surface area contributed by atoms with Gasteiger partial charge in [0, 0.05) is 11.8 Å². The fraction of sp³-hybridized carbons (Fsp3) is 0.522. The first-order valence-electron chi connectivity index (χ1n) is 11.7. The number of aryl methyl sites for hydroxylation is 1. The minimum atomic E-state index is -4.23. The van der Waals surface area contributed by atoms with Crippen LogP contribution in [0.15, 0.2) is 46.1 Å². The van der Waals surface area contributed by atoms with E-state index in [1.54, 1.807) is 44.2 Å². The lowest BCUT2D eigenvalue weighted by atomic mass is 9.93. The van der Waals surface area contributed by atoms with E-state index in [9.17, 15) is 24.1 Å². The Morgan fingerprint density at radius 2 is 1.95 bits per heavy atom. The van der Waals surface area contributed by atoms with Crippen LogP contribution in [0.1, 0.15) is 39.5 Å². The van der Waals surface area contributed by atoms with Gasteiger partial charge in [0.1, 0.15) is 24.0 Å². The molecule has 204 valence electrons. The topological polar surface area (TPSA) is 184 Å². The van der Waals surface area contributed by atoms with Crippen molar-refractivity contribution in [2.45, 2.75) is 70.7 Å². The summed E-state index contributed by atoms with van der Waals surface area (Å²) in [7, 11) is -4.23. The third-order valence-electron chi connectivity index (χ3n) is 5.66. The molecule has 14 heteroatoms. The second-order valence-electron chi connectivity index (χ2n) is 9.35. The smallest absolute Gasteiger partial charge is 0.459 e. The number of rotatable bonds is 10. The summed E-state index contributed by atoms with van der Waals surface area (Å²) >= 11 is 0. The molecule has 13 nitrogen and oxygen atoms in total. The van der Waals surface area contributed by atoms with Gasteiger partial charge in [0.25, 0.3) is 5.56 Å². The molecule has 1 aliphatic heterocycles. The van der Waals surface area contributed by atoms with E-state index in [0.29, 0.717) is 0 Å². The molecule has 2 aromatic rings. The predicted molar refractivity (Wildman–Crippen MR) is 133 cm³/mol. The lowest BCUT2D eigenvalue weighted by Gasteiger charge is -2.29. The van der Waals surface area contributed by atoms with Gasteiger partial charge >= 0.3 is 19.4 Å². The first-order valence-corrected chi connectivity index (χ1v) is 13.2. The Balaban J connectivity index is 1.82. The number of carbonyl (C=O) groups is 1. The summed E-state index contributed by atoms with van der Waals surface area (Å²) in [6, 6.07) is 7.09. The van der Waals surface area contributed by atoms with Crippen molar-refractivity contribution in [3.63, 3.8) is 0 Å². The van der Waals surface area contributed by atoms with E-state index in [2.05, 4.69) is 10.1 Å². The molecule has 0 unspecified atom stereocenters. The molecule has 0 amide bonds. The number of aliphatic hydroxyl groups is 1. The van der Waals surface area contributed by atoms with Crippen LogP contribution in [-0.2, 0) is 23.4 Å². The van der Waals surface area contributed by atoms with Crippen molar-refractivity contribution >= 4 is 13.7 Å². The van der Waals surface area contributed by atoms with Crippen molar-refractivity contribution in [2.75, 3.05) is 6.61 Å². The Bertz CT molecular complexity index is 1260. The molecule has 0 bridgehead atoms. The van der Waals surface area contributed by atoms with Gasteiger partial charge in [0.05, 0.1) is 18.2 Å². The number of carbonyl (C=O) groups excluding carboxylic acids is 1. The van der Waals surface area contributed by atoms with Gasteiger partial charge in [-0.15, -0.1) is 0 Å². The fourth-order valence-electron chi connectivity index (χ4n) is 3.70. The molecule has 1 fully saturated rings. The van der Waals surface area contributed by atoms with Crippen LogP contribution in [0.2, 0.25) is 0 Å². The highest BCUT2D eigenvalue weighted by atomic mass is 31.2. The molecule has 0 radical (unpaired) electrons. The minimum absolute atomic E-state index is 0.201. The molecule has 1 aromatic carbocycles. The maximum absolute atomic E-state index is 13.7. The van der Waals surface area contributed by atoms with Gasteiger partial charge in [0.15, 0.2) is 6.23 Å². The van der Waals surface area contributed by atoms with E-state index < -0.39 is 67.7 Å². The standard InChI is InChI=1S/C23H33N4O9P/c1-13(2)34-20(30)15(4)26-37(32,36-16-9-7-6-8-10-16)33-12-17-18(28)23(5,24)21(35-17)27-11-14(3)19(29)25-22(27)31/h6-11,13,15,17-18,21,28H,12,24H2,1-5H3,(H,26,32)(H,25,29,31)/t15-,17-,18-,21-,23-,37+/m1/s1. The van der Waals surface area contributed by atoms with Crippen molar-refractivity contribution in [2.24, 2.45) is 5.73 Å². The highest BCUT2D eigenvalue weighted by Gasteiger charge is 2.52. The number of para-hydroxylation sites is 1. The number of H-pyrrole nitrogens is 1. The third-order valence-corrected chi connectivity index (χ3v) is 7.30. The molecule has 1 saturated heterocycles. The first-order chi connectivity index (χ1) is 17.2. The van der Waals surface area contributed by atoms with Gasteiger partial charge in [-0.05, 0) is 46.8 Å². The van der Waals surface area contributed by atoms with Crippen molar-refractivity contribution < 1.29 is 33.0 Å². The third kappa shape index (κ3) is 6.75. The normalized spacial score (nSPS) is 26.0. The molecular formula is C23H33N4O9P. The number of hydrogen-bond acceptors (Lipinski definition) is 10. The molecule has 1 aliphatic rings. The van der Waals surface area contributed by atoms with Gasteiger partial charge in [0.2, 0.25) is 0 Å². The molecule has 6 atom stereocenters. The molecule has 2 heterocycles. The molecule has 0 saturated carbocycles. The number of aromatic amines is 1. The van der Waals surface area contributed by atoms with Crippen molar-refractivity contribution in [1.29, 1.82) is 0 Å². The van der Waals surface area contributed by atoms with Crippen molar-refractivity contribution in [3.8, 4) is 5.75 Å². The van der Waals surface area contributed by atoms with Crippen LogP contribution < -0.4 is 26.6 Å². The lowest BCUT2D eigenvalue weighted by molar-refractivity contribution is -0.149. The Morgan fingerprint density at radius 1 is 1.30 bits per heavy atom. The monoisotopic (exact) mass is 540 g/mol. The SMILES string of the molecule is Cc1cn([C@@H]2O[C@H](CO[P@@](=O)(N[C@H](C)C(=O)OC(C)C)Oc3ccccc3)[C@@H](O)[C@@]2(C)N)c(=O)[nH]c1=O. The van der Waals surface area contributed by atoms with Gasteiger partial charge in [-0.3, -0.25) is 23.7 Å². The average Bonchev–Trinajstić information content (AvgIpc) is 3.03. The summed E-state index contributed by atoms with van der Waals surface area (Å²) in [6.07, 6.45) is -2.81. The summed E-state index contributed by atoms with van der Waals surface area (Å²) in [5, 5.41) is 13.4. The molecule has 0 aliphatic carbocycles. The second-order valence-corrected chi connectivity index (χ2v) is 11.0. The van der Waals surface area contributed by atoms with E-state index in [-0.39, 0.29) is 11.3 Å². The number of ether oxygens (including phenoxy) is 2. The van der Waals surface area contributed by atoms with Crippen LogP contribution in [-0.4, -0.2) is 57.1 Å². The van der Waals surface area contributed by atoms with Crippen LogP contribution >= 0.6 is 7.75 Å². The molecule has 37 heavy (non-hydrogen) atoms. The molecule has 5 N–H and O–H groups in total. The van der Waals surface area contributed by atoms with Gasteiger partial charge < -0.3 is 24.8 Å². The summed E-state index contributed by atoms with van der Waals surface area (Å²) in [5.74, 6) is -0.470. The Morgan fingerprint density at radius 3 is 2.57 bits per heavy atom. The van der Waals surface area contributed by atoms with E-state index in [1.165, 1.54) is 27.0 Å².